The Kier molecular flexibility index (Phi) is 3.87. The Bertz CT molecular complexity index is 579. The number of methoxy groups -OCH3 is 1. The highest BCUT2D eigenvalue weighted by atomic mass is 16.5. The molecule has 5 nitrogen and oxygen atoms in total. The number of hydrogen-bond donors (Lipinski definition) is 1. The molecule has 1 atom stereocenters. The maximum atomic E-state index is 11.4. The molecule has 1 aromatic carbocycles. The molecule has 0 amide bonds. The number of carbonyl (C=O) groups excluding carboxylic acids is 1. The second kappa shape index (κ2) is 5.58. The summed E-state index contributed by atoms with van der Waals surface area (Å²) in [4.78, 5) is 19.9. The van der Waals surface area contributed by atoms with Crippen molar-refractivity contribution in [3.8, 4) is 11.3 Å². The molecule has 2 rings (SSSR count). The molecule has 0 radical (unpaired) electrons. The fraction of sp³-hybridized carbons (Fsp3) is 0.214. The van der Waals surface area contributed by atoms with Crippen molar-refractivity contribution in [2.24, 2.45) is 5.73 Å². The molecule has 0 bridgehead atoms. The largest absolute Gasteiger partial charge is 0.465 e. The maximum Gasteiger partial charge on any atom is 0.337 e. The van der Waals surface area contributed by atoms with E-state index >= 15 is 0 Å². The Morgan fingerprint density at radius 2 is 1.84 bits per heavy atom. The molecule has 0 aliphatic rings. The first kappa shape index (κ1) is 13.2. The fourth-order valence-corrected chi connectivity index (χ4v) is 1.79. The minimum absolute atomic E-state index is 0.205. The van der Waals surface area contributed by atoms with Gasteiger partial charge in [-0.05, 0) is 19.1 Å². The van der Waals surface area contributed by atoms with Crippen molar-refractivity contribution in [3.63, 3.8) is 0 Å². The highest BCUT2D eigenvalue weighted by molar-refractivity contribution is 5.89. The van der Waals surface area contributed by atoms with Gasteiger partial charge in [0, 0.05) is 24.0 Å². The van der Waals surface area contributed by atoms with Gasteiger partial charge in [0.1, 0.15) is 0 Å². The molecule has 0 spiro atoms. The van der Waals surface area contributed by atoms with Crippen LogP contribution in [0.3, 0.4) is 0 Å². The lowest BCUT2D eigenvalue weighted by Crippen LogP contribution is -2.10. The maximum absolute atomic E-state index is 11.4. The summed E-state index contributed by atoms with van der Waals surface area (Å²) in [5.41, 5.74) is 8.70. The molecule has 0 saturated heterocycles. The highest BCUT2D eigenvalue weighted by Crippen LogP contribution is 2.23. The molecule has 1 aromatic heterocycles. The van der Waals surface area contributed by atoms with E-state index in [-0.39, 0.29) is 12.0 Å². The quantitative estimate of drug-likeness (QED) is 0.850. The van der Waals surface area contributed by atoms with Crippen molar-refractivity contribution in [2.45, 2.75) is 13.0 Å². The van der Waals surface area contributed by atoms with Crippen LogP contribution in [0.25, 0.3) is 11.3 Å². The molecular weight excluding hydrogens is 242 g/mol. The van der Waals surface area contributed by atoms with Gasteiger partial charge in [-0.3, -0.25) is 9.97 Å². The van der Waals surface area contributed by atoms with Crippen LogP contribution in [0.15, 0.2) is 36.7 Å². The van der Waals surface area contributed by atoms with E-state index in [2.05, 4.69) is 14.7 Å². The summed E-state index contributed by atoms with van der Waals surface area (Å²) in [6.45, 7) is 1.86. The molecule has 0 aliphatic carbocycles. The molecule has 1 unspecified atom stereocenters. The zero-order valence-electron chi connectivity index (χ0n) is 10.8. The Balaban J connectivity index is 2.40. The average Bonchev–Trinajstić information content (AvgIpc) is 2.46. The minimum Gasteiger partial charge on any atom is -0.465 e. The summed E-state index contributed by atoms with van der Waals surface area (Å²) in [7, 11) is 1.35. The highest BCUT2D eigenvalue weighted by Gasteiger charge is 2.12. The second-order valence-electron chi connectivity index (χ2n) is 4.15. The van der Waals surface area contributed by atoms with Crippen LogP contribution in [-0.2, 0) is 4.74 Å². The lowest BCUT2D eigenvalue weighted by Gasteiger charge is -2.10. The Hall–Kier alpha value is -2.27. The van der Waals surface area contributed by atoms with Gasteiger partial charge in [-0.25, -0.2) is 4.79 Å². The first-order valence-corrected chi connectivity index (χ1v) is 5.88. The van der Waals surface area contributed by atoms with Crippen LogP contribution in [-0.4, -0.2) is 23.0 Å². The van der Waals surface area contributed by atoms with E-state index in [9.17, 15) is 4.79 Å². The number of ether oxygens (including phenoxy) is 1. The predicted molar refractivity (Wildman–Crippen MR) is 71.4 cm³/mol. The molecule has 0 fully saturated rings. The van der Waals surface area contributed by atoms with Crippen molar-refractivity contribution in [1.82, 2.24) is 9.97 Å². The topological polar surface area (TPSA) is 78.1 Å². The molecule has 19 heavy (non-hydrogen) atoms. The number of nitrogens with two attached hydrogens (primary N) is 1. The summed E-state index contributed by atoms with van der Waals surface area (Å²) in [6.07, 6.45) is 3.24. The van der Waals surface area contributed by atoms with Crippen LogP contribution in [0.1, 0.15) is 29.0 Å². The van der Waals surface area contributed by atoms with Gasteiger partial charge < -0.3 is 10.5 Å². The predicted octanol–water partition coefficient (Wildman–Crippen LogP) is 1.95. The van der Waals surface area contributed by atoms with Gasteiger partial charge in [0.25, 0.3) is 0 Å². The third-order valence-corrected chi connectivity index (χ3v) is 2.74. The van der Waals surface area contributed by atoms with Gasteiger partial charge in [-0.15, -0.1) is 0 Å². The van der Waals surface area contributed by atoms with Crippen LogP contribution < -0.4 is 5.73 Å². The number of benzene rings is 1. The van der Waals surface area contributed by atoms with E-state index in [1.165, 1.54) is 7.11 Å². The smallest absolute Gasteiger partial charge is 0.337 e. The van der Waals surface area contributed by atoms with Gasteiger partial charge >= 0.3 is 5.97 Å². The lowest BCUT2D eigenvalue weighted by molar-refractivity contribution is 0.0601. The molecular formula is C14H15N3O2. The van der Waals surface area contributed by atoms with Crippen LogP contribution in [0.4, 0.5) is 0 Å². The monoisotopic (exact) mass is 257 g/mol. The van der Waals surface area contributed by atoms with Gasteiger partial charge in [-0.2, -0.15) is 0 Å². The number of carbonyl (C=O) groups is 1. The number of rotatable bonds is 3. The van der Waals surface area contributed by atoms with Gasteiger partial charge in [-0.1, -0.05) is 12.1 Å². The SMILES string of the molecule is COC(=O)c1ccc(-c2nccnc2C(C)N)cc1. The molecule has 2 N–H and O–H groups in total. The van der Waals surface area contributed by atoms with Gasteiger partial charge in [0.15, 0.2) is 0 Å². The molecule has 5 heteroatoms. The molecule has 2 aromatic rings. The van der Waals surface area contributed by atoms with Gasteiger partial charge in [0.05, 0.1) is 24.1 Å². The van der Waals surface area contributed by atoms with Crippen molar-refractivity contribution in [2.75, 3.05) is 7.11 Å². The van der Waals surface area contributed by atoms with E-state index in [0.29, 0.717) is 5.56 Å². The summed E-state index contributed by atoms with van der Waals surface area (Å²) in [5.74, 6) is -0.363. The Morgan fingerprint density at radius 1 is 1.21 bits per heavy atom. The normalized spacial score (nSPS) is 11.9. The van der Waals surface area contributed by atoms with Crippen LogP contribution in [0, 0.1) is 0 Å². The van der Waals surface area contributed by atoms with Gasteiger partial charge in [0.2, 0.25) is 0 Å². The zero-order chi connectivity index (χ0) is 13.8. The van der Waals surface area contributed by atoms with E-state index in [0.717, 1.165) is 17.0 Å². The molecule has 98 valence electrons. The first-order valence-electron chi connectivity index (χ1n) is 5.88. The van der Waals surface area contributed by atoms with E-state index in [4.69, 9.17) is 5.73 Å². The third kappa shape index (κ3) is 2.77. The van der Waals surface area contributed by atoms with Crippen LogP contribution >= 0.6 is 0 Å². The fourth-order valence-electron chi connectivity index (χ4n) is 1.79. The number of esters is 1. The zero-order valence-corrected chi connectivity index (χ0v) is 10.8. The van der Waals surface area contributed by atoms with Crippen LogP contribution in [0.5, 0.6) is 0 Å². The Morgan fingerprint density at radius 3 is 2.42 bits per heavy atom. The summed E-state index contributed by atoms with van der Waals surface area (Å²) < 4.78 is 4.66. The summed E-state index contributed by atoms with van der Waals surface area (Å²) in [6, 6.07) is 6.80. The third-order valence-electron chi connectivity index (χ3n) is 2.74. The molecule has 0 saturated carbocycles. The lowest BCUT2D eigenvalue weighted by atomic mass is 10.0. The number of nitrogens with zero attached hydrogens (tertiary/aromatic N) is 2. The summed E-state index contributed by atoms with van der Waals surface area (Å²) in [5, 5.41) is 0. The molecule has 0 aliphatic heterocycles. The number of aromatic nitrogens is 2. The van der Waals surface area contributed by atoms with Crippen LogP contribution in [0.2, 0.25) is 0 Å². The average molecular weight is 257 g/mol. The standard InChI is InChI=1S/C14H15N3O2/c1-9(15)12-13(17-8-7-16-12)10-3-5-11(6-4-10)14(18)19-2/h3-9H,15H2,1-2H3. The van der Waals surface area contributed by atoms with E-state index < -0.39 is 0 Å². The minimum atomic E-state index is -0.363. The summed E-state index contributed by atoms with van der Waals surface area (Å²) >= 11 is 0. The Labute approximate surface area is 111 Å². The second-order valence-corrected chi connectivity index (χ2v) is 4.15. The van der Waals surface area contributed by atoms with Crippen molar-refractivity contribution in [1.29, 1.82) is 0 Å². The van der Waals surface area contributed by atoms with Crippen molar-refractivity contribution < 1.29 is 9.53 Å². The van der Waals surface area contributed by atoms with Crippen molar-refractivity contribution in [3.05, 3.63) is 47.9 Å². The van der Waals surface area contributed by atoms with Crippen molar-refractivity contribution >= 4 is 5.97 Å². The molecule has 1 heterocycles. The first-order chi connectivity index (χ1) is 9.13. The number of hydrogen-bond acceptors (Lipinski definition) is 5. The van der Waals surface area contributed by atoms with E-state index in [1.54, 1.807) is 24.5 Å². The van der Waals surface area contributed by atoms with E-state index in [1.807, 2.05) is 19.1 Å².